The van der Waals surface area contributed by atoms with Crippen LogP contribution < -0.4 is 4.54 Å². The van der Waals surface area contributed by atoms with E-state index in [9.17, 15) is 10.1 Å². The maximum Gasteiger partial charge on any atom is 0.318 e. The van der Waals surface area contributed by atoms with E-state index in [1.165, 1.54) is 18.2 Å². The van der Waals surface area contributed by atoms with Crippen LogP contribution in [0.3, 0.4) is 0 Å². The lowest BCUT2D eigenvalue weighted by Crippen LogP contribution is -2.21. The number of rotatable bonds is 0. The number of hydrogen-bond donors (Lipinski definition) is 0. The molecular weight excluding hydrogens is 194 g/mol. The first-order valence-corrected chi connectivity index (χ1v) is 3.83. The van der Waals surface area contributed by atoms with E-state index >= 15 is 0 Å². The maximum absolute atomic E-state index is 11.1. The van der Waals surface area contributed by atoms with Crippen LogP contribution in [0.25, 0.3) is 11.0 Å². The maximum atomic E-state index is 11.1. The topological polar surface area (TPSA) is 63.8 Å². The van der Waals surface area contributed by atoms with Gasteiger partial charge in [-0.15, -0.1) is 0 Å². The molecule has 2 rings (SSSR count). The third-order valence-corrected chi connectivity index (χ3v) is 1.88. The normalized spacial score (nSPS) is 10.5. The van der Waals surface area contributed by atoms with Gasteiger partial charge in [0, 0.05) is 11.1 Å². The molecule has 0 unspecified atom stereocenters. The van der Waals surface area contributed by atoms with E-state index in [-0.39, 0.29) is 11.0 Å². The predicted molar refractivity (Wildman–Crippen MR) is 46.9 cm³/mol. The molecule has 0 saturated carbocycles. The summed E-state index contributed by atoms with van der Waals surface area (Å²) in [7, 11) is 0. The second kappa shape index (κ2) is 2.70. The highest BCUT2D eigenvalue weighted by Crippen LogP contribution is 2.14. The fourth-order valence-corrected chi connectivity index (χ4v) is 1.22. The smallest absolute Gasteiger partial charge is 0.318 e. The number of nitrogens with zero attached hydrogens (tertiary/aromatic N) is 3. The lowest BCUT2D eigenvalue weighted by atomic mass is 10.3. The molecule has 0 aliphatic carbocycles. The summed E-state index contributed by atoms with van der Waals surface area (Å²) in [6.07, 6.45) is 0.895. The molecule has 0 spiro atoms. The van der Waals surface area contributed by atoms with Crippen LogP contribution in [0.4, 0.5) is 0 Å². The lowest BCUT2D eigenvalue weighted by molar-refractivity contribution is -0.537. The molecule has 0 saturated heterocycles. The summed E-state index contributed by atoms with van der Waals surface area (Å²) in [5.41, 5.74) is 0.402. The van der Waals surface area contributed by atoms with Crippen molar-refractivity contribution in [2.24, 2.45) is 0 Å². The number of aromatic nitrogens is 3. The van der Waals surface area contributed by atoms with Crippen molar-refractivity contribution in [3.63, 3.8) is 0 Å². The van der Waals surface area contributed by atoms with Crippen LogP contribution >= 0.6 is 11.6 Å². The molecule has 5 nitrogen and oxygen atoms in total. The summed E-state index contributed by atoms with van der Waals surface area (Å²) in [6, 6.07) is 4.39. The Labute approximate surface area is 77.4 Å². The first-order valence-electron chi connectivity index (χ1n) is 3.46. The van der Waals surface area contributed by atoms with Crippen molar-refractivity contribution in [2.45, 2.75) is 0 Å². The van der Waals surface area contributed by atoms with Crippen LogP contribution in [0.1, 0.15) is 0 Å². The predicted octanol–water partition coefficient (Wildman–Crippen LogP) is 0.950. The number of benzene rings is 1. The van der Waals surface area contributed by atoms with Crippen molar-refractivity contribution in [1.29, 1.82) is 0 Å². The highest BCUT2D eigenvalue weighted by molar-refractivity contribution is 6.31. The summed E-state index contributed by atoms with van der Waals surface area (Å²) >= 11 is 5.66. The van der Waals surface area contributed by atoms with Gasteiger partial charge in [-0.05, 0) is 12.1 Å². The molecule has 0 aliphatic rings. The third-order valence-electron chi connectivity index (χ3n) is 1.64. The first kappa shape index (κ1) is 8.00. The van der Waals surface area contributed by atoms with E-state index in [4.69, 9.17) is 11.6 Å². The van der Waals surface area contributed by atoms with Gasteiger partial charge in [-0.2, -0.15) is 0 Å². The molecule has 0 bridgehead atoms. The molecule has 1 heterocycles. The molecule has 1 aromatic carbocycles. The van der Waals surface area contributed by atoms with Gasteiger partial charge in [0.1, 0.15) is 5.52 Å². The number of fused-ring (bicyclic) bond motifs is 1. The zero-order chi connectivity index (χ0) is 9.42. The van der Waals surface area contributed by atoms with Crippen LogP contribution in [0, 0.1) is 10.1 Å². The molecule has 2 aromatic rings. The number of hydrogen-bond acceptors (Lipinski definition) is 3. The Morgan fingerprint density at radius 1 is 1.54 bits per heavy atom. The van der Waals surface area contributed by atoms with Gasteiger partial charge in [0.2, 0.25) is 0 Å². The summed E-state index contributed by atoms with van der Waals surface area (Å²) in [6.45, 7) is 0. The number of halogens is 1. The zero-order valence-corrected chi connectivity index (χ0v) is 7.10. The molecule has 0 amide bonds. The molecule has 0 radical (unpaired) electrons. The van der Waals surface area contributed by atoms with Gasteiger partial charge in [-0.3, -0.25) is 0 Å². The van der Waals surface area contributed by atoms with Gasteiger partial charge in [0.25, 0.3) is 0 Å². The van der Waals surface area contributed by atoms with Crippen LogP contribution in [-0.4, -0.2) is 9.83 Å². The highest BCUT2D eigenvalue weighted by atomic mass is 35.5. The third kappa shape index (κ3) is 1.23. The fourth-order valence-electron chi connectivity index (χ4n) is 1.05. The van der Waals surface area contributed by atoms with Crippen molar-refractivity contribution in [2.75, 3.05) is 0 Å². The summed E-state index contributed by atoms with van der Waals surface area (Å²) in [5.74, 6) is 0. The van der Waals surface area contributed by atoms with Crippen molar-refractivity contribution < 1.29 is 4.54 Å². The van der Waals surface area contributed by atoms with Gasteiger partial charge in [0.15, 0.2) is 10.9 Å². The van der Waals surface area contributed by atoms with E-state index in [1.807, 2.05) is 0 Å². The minimum Gasteiger partial charge on any atom is -0.804 e. The standard InChI is InChI=1S/C7H4ClN3O2/c8-5-1-2-6-7(3-5)10(12)4-9-11(6)13/h1-4H. The molecule has 1 aromatic heterocycles. The summed E-state index contributed by atoms with van der Waals surface area (Å²) < 4.78 is 0.871. The minimum atomic E-state index is 0.196. The minimum absolute atomic E-state index is 0.196. The largest absolute Gasteiger partial charge is 0.804 e. The first-order chi connectivity index (χ1) is 6.18. The van der Waals surface area contributed by atoms with Crippen molar-refractivity contribution in [3.05, 3.63) is 39.7 Å². The van der Waals surface area contributed by atoms with E-state index in [1.54, 1.807) is 0 Å². The molecule has 0 fully saturated rings. The summed E-state index contributed by atoms with van der Waals surface area (Å²) in [5, 5.41) is 14.8. The van der Waals surface area contributed by atoms with Gasteiger partial charge in [-0.25, -0.2) is 0 Å². The van der Waals surface area contributed by atoms with Gasteiger partial charge in [0.05, 0.1) is 10.0 Å². The SMILES string of the molecule is O=[n+]1ncn([O-])c2cc(Cl)ccc21. The Kier molecular flexibility index (Phi) is 1.66. The Morgan fingerprint density at radius 2 is 2.31 bits per heavy atom. The van der Waals surface area contributed by atoms with Crippen LogP contribution in [0.5, 0.6) is 0 Å². The Hall–Kier alpha value is -1.62. The average Bonchev–Trinajstić information content (AvgIpc) is 2.12. The Bertz CT molecular complexity index is 523. The second-order valence-corrected chi connectivity index (χ2v) is 2.90. The average molecular weight is 198 g/mol. The van der Waals surface area contributed by atoms with Gasteiger partial charge in [-0.1, -0.05) is 11.6 Å². The second-order valence-electron chi connectivity index (χ2n) is 2.46. The molecule has 66 valence electrons. The monoisotopic (exact) mass is 197 g/mol. The van der Waals surface area contributed by atoms with Crippen LogP contribution in [0.2, 0.25) is 5.02 Å². The van der Waals surface area contributed by atoms with Crippen LogP contribution in [0.15, 0.2) is 24.5 Å². The van der Waals surface area contributed by atoms with E-state index in [0.29, 0.717) is 14.3 Å². The molecule has 13 heavy (non-hydrogen) atoms. The van der Waals surface area contributed by atoms with E-state index in [2.05, 4.69) is 5.10 Å². The molecular formula is C7H4ClN3O2. The fraction of sp³-hybridized carbons (Fsp3) is 0. The van der Waals surface area contributed by atoms with Crippen LogP contribution in [-0.2, 0) is 0 Å². The summed E-state index contributed by atoms with van der Waals surface area (Å²) in [4.78, 5) is 11.1. The molecule has 6 heteroatoms. The Balaban J connectivity index is 3.01. The highest BCUT2D eigenvalue weighted by Gasteiger charge is 2.08. The molecule has 0 aliphatic heterocycles. The van der Waals surface area contributed by atoms with E-state index in [0.717, 1.165) is 6.33 Å². The zero-order valence-electron chi connectivity index (χ0n) is 6.35. The molecule has 0 atom stereocenters. The lowest BCUT2D eigenvalue weighted by Gasteiger charge is -2.07. The van der Waals surface area contributed by atoms with Crippen molar-refractivity contribution in [3.8, 4) is 0 Å². The van der Waals surface area contributed by atoms with Crippen molar-refractivity contribution in [1.82, 2.24) is 9.83 Å². The van der Waals surface area contributed by atoms with E-state index < -0.39 is 0 Å². The van der Waals surface area contributed by atoms with Gasteiger partial charge >= 0.3 is 5.52 Å². The molecule has 0 N–H and O–H groups in total. The Morgan fingerprint density at radius 3 is 3.08 bits per heavy atom. The quantitative estimate of drug-likeness (QED) is 0.591. The van der Waals surface area contributed by atoms with Gasteiger partial charge < -0.3 is 9.94 Å². The van der Waals surface area contributed by atoms with Crippen molar-refractivity contribution >= 4 is 22.6 Å².